The van der Waals surface area contributed by atoms with E-state index in [1.54, 1.807) is 0 Å². The van der Waals surface area contributed by atoms with Crippen LogP contribution in [0.15, 0.2) is 71.2 Å². The van der Waals surface area contributed by atoms with Gasteiger partial charge in [0, 0.05) is 48.6 Å². The minimum absolute atomic E-state index is 0.0502. The summed E-state index contributed by atoms with van der Waals surface area (Å²) < 4.78 is 3.31. The van der Waals surface area contributed by atoms with Gasteiger partial charge in [-0.3, -0.25) is 14.3 Å². The first kappa shape index (κ1) is 26.1. The van der Waals surface area contributed by atoms with Crippen LogP contribution in [0.1, 0.15) is 29.8 Å². The Bertz CT molecular complexity index is 1470. The minimum atomic E-state index is 0.0502. The molecule has 0 radical (unpaired) electrons. The molecule has 3 aromatic carbocycles. The van der Waals surface area contributed by atoms with E-state index in [0.717, 1.165) is 85.7 Å². The molecule has 39 heavy (non-hydrogen) atoms. The normalized spacial score (nSPS) is 18.6. The number of imidazole rings is 1. The Morgan fingerprint density at radius 3 is 2.44 bits per heavy atom. The van der Waals surface area contributed by atoms with E-state index in [4.69, 9.17) is 4.98 Å². The van der Waals surface area contributed by atoms with Gasteiger partial charge in [-0.15, -0.1) is 0 Å². The topological polar surface area (TPSA) is 44.6 Å². The highest BCUT2D eigenvalue weighted by Crippen LogP contribution is 2.28. The van der Waals surface area contributed by atoms with Crippen LogP contribution in [-0.4, -0.2) is 64.5 Å². The SMILES string of the molecule is Cc1cccc(C)c1N1CCN(C(=O)[C@@H]2CCCN(Cc3nc4ccccc4n3-c3cccc(Br)c3)C2)CC1. The fourth-order valence-corrected chi connectivity index (χ4v) is 6.79. The second-order valence-electron chi connectivity index (χ2n) is 11.0. The molecule has 0 unspecified atom stereocenters. The molecule has 1 aromatic heterocycles. The number of aromatic nitrogens is 2. The number of carbonyl (C=O) groups excluding carboxylic acids is 1. The van der Waals surface area contributed by atoms with E-state index in [0.29, 0.717) is 5.91 Å². The van der Waals surface area contributed by atoms with Crippen molar-refractivity contribution in [3.8, 4) is 5.69 Å². The lowest BCUT2D eigenvalue weighted by molar-refractivity contribution is -0.137. The summed E-state index contributed by atoms with van der Waals surface area (Å²) in [7, 11) is 0. The molecule has 2 aliphatic rings. The standard InChI is InChI=1S/C32H36BrN5O/c1-23-8-5-9-24(2)31(23)36-16-18-37(19-17-36)32(39)25-10-7-15-35(21-25)22-30-34-28-13-3-4-14-29(28)38(30)27-12-6-11-26(33)20-27/h3-6,8-9,11-14,20,25H,7,10,15-19,21-22H2,1-2H3/t25-/m1/s1. The summed E-state index contributed by atoms with van der Waals surface area (Å²) in [5.74, 6) is 1.39. The molecule has 6 rings (SSSR count). The number of benzene rings is 3. The van der Waals surface area contributed by atoms with Crippen molar-refractivity contribution in [2.45, 2.75) is 33.2 Å². The second-order valence-corrected chi connectivity index (χ2v) is 11.9. The zero-order chi connectivity index (χ0) is 26.9. The molecule has 202 valence electrons. The van der Waals surface area contributed by atoms with Gasteiger partial charge in [0.25, 0.3) is 0 Å². The van der Waals surface area contributed by atoms with Gasteiger partial charge in [0.15, 0.2) is 0 Å². The molecule has 3 heterocycles. The summed E-state index contributed by atoms with van der Waals surface area (Å²) in [5, 5.41) is 0. The van der Waals surface area contributed by atoms with Crippen LogP contribution in [-0.2, 0) is 11.3 Å². The Hall–Kier alpha value is -3.16. The first-order valence-electron chi connectivity index (χ1n) is 14.0. The monoisotopic (exact) mass is 585 g/mol. The van der Waals surface area contributed by atoms with Crippen LogP contribution in [0.4, 0.5) is 5.69 Å². The number of aryl methyl sites for hydroxylation is 2. The number of hydrogen-bond donors (Lipinski definition) is 0. The smallest absolute Gasteiger partial charge is 0.227 e. The Labute approximate surface area is 239 Å². The summed E-state index contributed by atoms with van der Waals surface area (Å²) in [4.78, 5) is 25.7. The largest absolute Gasteiger partial charge is 0.368 e. The van der Waals surface area contributed by atoms with Crippen molar-refractivity contribution in [3.63, 3.8) is 0 Å². The third-order valence-corrected chi connectivity index (χ3v) is 8.76. The summed E-state index contributed by atoms with van der Waals surface area (Å²) >= 11 is 3.63. The molecule has 1 atom stereocenters. The average molecular weight is 587 g/mol. The van der Waals surface area contributed by atoms with Gasteiger partial charge in [-0.25, -0.2) is 4.98 Å². The van der Waals surface area contributed by atoms with Gasteiger partial charge in [-0.05, 0) is 74.7 Å². The molecular weight excluding hydrogens is 550 g/mol. The number of rotatable bonds is 5. The Morgan fingerprint density at radius 1 is 0.923 bits per heavy atom. The van der Waals surface area contributed by atoms with E-state index in [1.807, 2.05) is 12.1 Å². The van der Waals surface area contributed by atoms with Gasteiger partial charge in [0.05, 0.1) is 23.5 Å². The molecule has 0 saturated carbocycles. The van der Waals surface area contributed by atoms with E-state index in [9.17, 15) is 4.79 Å². The van der Waals surface area contributed by atoms with E-state index in [2.05, 4.69) is 104 Å². The van der Waals surface area contributed by atoms with Crippen LogP contribution in [0.25, 0.3) is 16.7 Å². The van der Waals surface area contributed by atoms with Crippen LogP contribution in [0, 0.1) is 19.8 Å². The highest BCUT2D eigenvalue weighted by Gasteiger charge is 2.32. The molecule has 2 saturated heterocycles. The number of carbonyl (C=O) groups is 1. The van der Waals surface area contributed by atoms with E-state index in [1.165, 1.54) is 16.8 Å². The number of fused-ring (bicyclic) bond motifs is 1. The van der Waals surface area contributed by atoms with Crippen molar-refractivity contribution in [1.82, 2.24) is 19.4 Å². The molecule has 4 aromatic rings. The third-order valence-electron chi connectivity index (χ3n) is 8.26. The number of amides is 1. The maximum atomic E-state index is 13.6. The lowest BCUT2D eigenvalue weighted by atomic mass is 9.96. The number of piperazine rings is 1. The maximum Gasteiger partial charge on any atom is 0.227 e. The van der Waals surface area contributed by atoms with Crippen LogP contribution >= 0.6 is 15.9 Å². The second kappa shape index (κ2) is 11.1. The first-order chi connectivity index (χ1) is 19.0. The Morgan fingerprint density at radius 2 is 1.67 bits per heavy atom. The Balaban J connectivity index is 1.15. The predicted molar refractivity (Wildman–Crippen MR) is 161 cm³/mol. The molecule has 0 aliphatic carbocycles. The molecule has 6 nitrogen and oxygen atoms in total. The van der Waals surface area contributed by atoms with Gasteiger partial charge in [0.1, 0.15) is 5.82 Å². The third kappa shape index (κ3) is 5.35. The van der Waals surface area contributed by atoms with E-state index >= 15 is 0 Å². The van der Waals surface area contributed by atoms with Crippen molar-refractivity contribution >= 4 is 38.6 Å². The van der Waals surface area contributed by atoms with Crippen LogP contribution in [0.5, 0.6) is 0 Å². The number of hydrogen-bond acceptors (Lipinski definition) is 4. The lowest BCUT2D eigenvalue weighted by Gasteiger charge is -2.40. The maximum absolute atomic E-state index is 13.6. The highest BCUT2D eigenvalue weighted by atomic mass is 79.9. The fourth-order valence-electron chi connectivity index (χ4n) is 6.40. The molecule has 7 heteroatoms. The van der Waals surface area contributed by atoms with E-state index in [-0.39, 0.29) is 5.92 Å². The fraction of sp³-hybridized carbons (Fsp3) is 0.375. The van der Waals surface area contributed by atoms with Crippen LogP contribution < -0.4 is 4.90 Å². The molecule has 1 amide bonds. The van der Waals surface area contributed by atoms with Crippen molar-refractivity contribution < 1.29 is 4.79 Å². The lowest BCUT2D eigenvalue weighted by Crippen LogP contribution is -2.52. The van der Waals surface area contributed by atoms with Gasteiger partial charge >= 0.3 is 0 Å². The number of piperidine rings is 1. The molecule has 0 spiro atoms. The molecule has 0 N–H and O–H groups in total. The van der Waals surface area contributed by atoms with Crippen molar-refractivity contribution in [2.24, 2.45) is 5.92 Å². The van der Waals surface area contributed by atoms with Crippen LogP contribution in [0.2, 0.25) is 0 Å². The number of halogens is 1. The molecule has 2 fully saturated rings. The van der Waals surface area contributed by atoms with Gasteiger partial charge in [0.2, 0.25) is 5.91 Å². The zero-order valence-electron chi connectivity index (χ0n) is 22.8. The van der Waals surface area contributed by atoms with E-state index < -0.39 is 0 Å². The zero-order valence-corrected chi connectivity index (χ0v) is 24.4. The number of para-hydroxylation sites is 3. The summed E-state index contributed by atoms with van der Waals surface area (Å²) in [6, 6.07) is 23.2. The van der Waals surface area contributed by atoms with Gasteiger partial charge in [-0.2, -0.15) is 0 Å². The number of nitrogens with zero attached hydrogens (tertiary/aromatic N) is 5. The van der Waals surface area contributed by atoms with Gasteiger partial charge < -0.3 is 9.80 Å². The Kier molecular flexibility index (Phi) is 7.45. The molecular formula is C32H36BrN5O. The van der Waals surface area contributed by atoms with Gasteiger partial charge in [-0.1, -0.05) is 52.3 Å². The summed E-state index contributed by atoms with van der Waals surface area (Å²) in [6.45, 7) is 10.2. The minimum Gasteiger partial charge on any atom is -0.368 e. The summed E-state index contributed by atoms with van der Waals surface area (Å²) in [6.07, 6.45) is 2.00. The van der Waals surface area contributed by atoms with Crippen molar-refractivity contribution in [1.29, 1.82) is 0 Å². The molecule has 2 aliphatic heterocycles. The first-order valence-corrected chi connectivity index (χ1v) is 14.8. The summed E-state index contributed by atoms with van der Waals surface area (Å²) in [5.41, 5.74) is 7.16. The number of likely N-dealkylation sites (tertiary alicyclic amines) is 1. The van der Waals surface area contributed by atoms with Crippen molar-refractivity contribution in [3.05, 3.63) is 88.2 Å². The number of anilines is 1. The van der Waals surface area contributed by atoms with Crippen LogP contribution in [0.3, 0.4) is 0 Å². The quantitative estimate of drug-likeness (QED) is 0.289. The molecule has 0 bridgehead atoms. The predicted octanol–water partition coefficient (Wildman–Crippen LogP) is 5.97. The average Bonchev–Trinajstić information content (AvgIpc) is 3.31. The van der Waals surface area contributed by atoms with Crippen molar-refractivity contribution in [2.75, 3.05) is 44.2 Å². The highest BCUT2D eigenvalue weighted by molar-refractivity contribution is 9.10.